The second-order valence-corrected chi connectivity index (χ2v) is 6.34. The average molecular weight is 362 g/mol. The zero-order valence-corrected chi connectivity index (χ0v) is 14.3. The first-order valence-corrected chi connectivity index (χ1v) is 8.37. The Balaban J connectivity index is 2.03. The van der Waals surface area contributed by atoms with Crippen LogP contribution in [0.3, 0.4) is 0 Å². The number of halogens is 1. The highest BCUT2D eigenvalue weighted by Gasteiger charge is 2.19. The van der Waals surface area contributed by atoms with E-state index in [1.54, 1.807) is 25.3 Å². The maximum atomic E-state index is 13.7. The highest BCUT2D eigenvalue weighted by molar-refractivity contribution is 7.04. The number of nitrogens with one attached hydrogen (secondary N) is 1. The Hall–Kier alpha value is -2.81. The Kier molecular flexibility index (Phi) is 4.49. The summed E-state index contributed by atoms with van der Waals surface area (Å²) < 4.78 is 19.9. The molecule has 0 atom stereocenters. The Bertz CT molecular complexity index is 1070. The molecule has 2 aromatic heterocycles. The van der Waals surface area contributed by atoms with Gasteiger partial charge in [0.05, 0.1) is 11.2 Å². The van der Waals surface area contributed by atoms with E-state index >= 15 is 0 Å². The molecule has 3 rings (SSSR count). The van der Waals surface area contributed by atoms with E-state index in [1.807, 2.05) is 0 Å². The lowest BCUT2D eigenvalue weighted by Crippen LogP contribution is -2.42. The summed E-state index contributed by atoms with van der Waals surface area (Å²) in [5.41, 5.74) is -0.631. The predicted molar refractivity (Wildman–Crippen MR) is 93.6 cm³/mol. The van der Waals surface area contributed by atoms with Crippen molar-refractivity contribution in [2.24, 2.45) is 0 Å². The third kappa shape index (κ3) is 3.10. The van der Waals surface area contributed by atoms with Gasteiger partial charge in [-0.25, -0.2) is 9.18 Å². The number of carbonyl (C=O) groups is 1. The molecule has 0 saturated heterocycles. The van der Waals surface area contributed by atoms with Crippen molar-refractivity contribution in [3.8, 4) is 0 Å². The van der Waals surface area contributed by atoms with Gasteiger partial charge in [-0.2, -0.15) is 4.37 Å². The minimum Gasteiger partial charge on any atom is -0.322 e. The van der Waals surface area contributed by atoms with E-state index in [0.29, 0.717) is 5.52 Å². The molecule has 0 radical (unpaired) electrons. The van der Waals surface area contributed by atoms with Crippen molar-refractivity contribution in [2.45, 2.75) is 26.4 Å². The number of nitrogens with zero attached hydrogens (tertiary/aromatic N) is 3. The van der Waals surface area contributed by atoms with Gasteiger partial charge in [0, 0.05) is 11.4 Å². The summed E-state index contributed by atoms with van der Waals surface area (Å²) in [6.07, 6.45) is 0. The topological polar surface area (TPSA) is 86.0 Å². The fourth-order valence-corrected chi connectivity index (χ4v) is 3.18. The molecule has 1 aromatic carbocycles. The molecule has 0 aliphatic carbocycles. The summed E-state index contributed by atoms with van der Waals surface area (Å²) in [4.78, 5) is 37.3. The molecule has 0 aliphatic rings. The van der Waals surface area contributed by atoms with Gasteiger partial charge >= 0.3 is 5.69 Å². The first-order valence-electron chi connectivity index (χ1n) is 7.54. The zero-order chi connectivity index (χ0) is 18.1. The lowest BCUT2D eigenvalue weighted by molar-refractivity contribution is -0.116. The molecular formula is C16H15FN4O3S. The van der Waals surface area contributed by atoms with Gasteiger partial charge in [0.15, 0.2) is 5.52 Å². The Morgan fingerprint density at radius 2 is 2.04 bits per heavy atom. The Morgan fingerprint density at radius 1 is 1.32 bits per heavy atom. The summed E-state index contributed by atoms with van der Waals surface area (Å²) in [5.74, 6) is -1.15. The number of benzene rings is 1. The first-order chi connectivity index (χ1) is 11.9. The molecule has 1 amide bonds. The predicted octanol–water partition coefficient (Wildman–Crippen LogP) is 1.98. The quantitative estimate of drug-likeness (QED) is 0.769. The van der Waals surface area contributed by atoms with Crippen molar-refractivity contribution in [2.75, 3.05) is 5.32 Å². The lowest BCUT2D eigenvalue weighted by Gasteiger charge is -2.14. The average Bonchev–Trinajstić information content (AvgIpc) is 3.03. The van der Waals surface area contributed by atoms with Crippen molar-refractivity contribution >= 4 is 34.2 Å². The summed E-state index contributed by atoms with van der Waals surface area (Å²) in [7, 11) is 0. The van der Waals surface area contributed by atoms with Crippen LogP contribution in [0.15, 0.2) is 39.2 Å². The molecule has 0 unspecified atom stereocenters. The molecule has 0 aliphatic heterocycles. The van der Waals surface area contributed by atoms with Gasteiger partial charge < -0.3 is 5.32 Å². The normalized spacial score (nSPS) is 11.2. The van der Waals surface area contributed by atoms with Crippen molar-refractivity contribution in [1.29, 1.82) is 0 Å². The van der Waals surface area contributed by atoms with Gasteiger partial charge in [-0.1, -0.05) is 12.1 Å². The van der Waals surface area contributed by atoms with Crippen LogP contribution < -0.4 is 16.6 Å². The number of fused-ring (bicyclic) bond motifs is 1. The molecule has 0 fully saturated rings. The summed E-state index contributed by atoms with van der Waals surface area (Å²) in [6, 6.07) is 5.36. The molecule has 130 valence electrons. The number of amides is 1. The van der Waals surface area contributed by atoms with Crippen LogP contribution in [0, 0.1) is 5.82 Å². The maximum absolute atomic E-state index is 13.7. The minimum absolute atomic E-state index is 0.0254. The molecular weight excluding hydrogens is 347 g/mol. The fraction of sp³-hybridized carbons (Fsp3) is 0.250. The van der Waals surface area contributed by atoms with E-state index in [-0.39, 0.29) is 23.8 Å². The molecule has 9 heteroatoms. The fourth-order valence-electron chi connectivity index (χ4n) is 2.51. The summed E-state index contributed by atoms with van der Waals surface area (Å²) in [6.45, 7) is 3.05. The standard InChI is InChI=1S/C16H15FN4O3S/c1-9(2)21-15(23)14-12(8-25-19-14)20(16(21)24)7-13(22)18-11-6-4-3-5-10(11)17/h3-6,8-9H,7H2,1-2H3,(H,18,22). The van der Waals surface area contributed by atoms with Gasteiger partial charge in [-0.3, -0.25) is 18.7 Å². The van der Waals surface area contributed by atoms with E-state index in [4.69, 9.17) is 0 Å². The Labute approximate surface area is 145 Å². The summed E-state index contributed by atoms with van der Waals surface area (Å²) >= 11 is 1.03. The third-order valence-corrected chi connectivity index (χ3v) is 4.28. The summed E-state index contributed by atoms with van der Waals surface area (Å²) in [5, 5.41) is 3.97. The molecule has 7 nitrogen and oxygen atoms in total. The molecule has 1 N–H and O–H groups in total. The van der Waals surface area contributed by atoms with Crippen LogP contribution in [-0.4, -0.2) is 19.4 Å². The van der Waals surface area contributed by atoms with E-state index in [2.05, 4.69) is 9.69 Å². The van der Waals surface area contributed by atoms with Gasteiger partial charge in [0.25, 0.3) is 5.56 Å². The van der Waals surface area contributed by atoms with Gasteiger partial charge in [0.2, 0.25) is 5.91 Å². The number of hydrogen-bond donors (Lipinski definition) is 1. The second-order valence-electron chi connectivity index (χ2n) is 5.71. The van der Waals surface area contributed by atoms with Gasteiger partial charge in [0.1, 0.15) is 12.4 Å². The molecule has 0 bridgehead atoms. The van der Waals surface area contributed by atoms with Gasteiger partial charge in [-0.15, -0.1) is 0 Å². The van der Waals surface area contributed by atoms with E-state index in [1.165, 1.54) is 22.8 Å². The van der Waals surface area contributed by atoms with Crippen LogP contribution in [0.1, 0.15) is 19.9 Å². The first kappa shape index (κ1) is 17.0. The third-order valence-electron chi connectivity index (χ3n) is 3.67. The van der Waals surface area contributed by atoms with Crippen molar-refractivity contribution < 1.29 is 9.18 Å². The van der Waals surface area contributed by atoms with Crippen LogP contribution in [0.5, 0.6) is 0 Å². The van der Waals surface area contributed by atoms with Crippen LogP contribution in [0.4, 0.5) is 10.1 Å². The SMILES string of the molecule is CC(C)n1c(=O)c2nscc2n(CC(=O)Nc2ccccc2F)c1=O. The smallest absolute Gasteiger partial charge is 0.322 e. The van der Waals surface area contributed by atoms with Crippen molar-refractivity contribution in [1.82, 2.24) is 13.5 Å². The number of para-hydroxylation sites is 1. The maximum Gasteiger partial charge on any atom is 0.332 e. The molecule has 25 heavy (non-hydrogen) atoms. The number of carbonyl (C=O) groups excluding carboxylic acids is 1. The minimum atomic E-state index is -0.601. The highest BCUT2D eigenvalue weighted by Crippen LogP contribution is 2.14. The number of anilines is 1. The van der Waals surface area contributed by atoms with E-state index in [0.717, 1.165) is 16.1 Å². The molecule has 0 spiro atoms. The number of hydrogen-bond acceptors (Lipinski definition) is 5. The molecule has 0 saturated carbocycles. The van der Waals surface area contributed by atoms with Crippen molar-refractivity contribution in [3.63, 3.8) is 0 Å². The Morgan fingerprint density at radius 3 is 2.72 bits per heavy atom. The van der Waals surface area contributed by atoms with Crippen LogP contribution in [0.2, 0.25) is 0 Å². The molecule has 3 aromatic rings. The van der Waals surface area contributed by atoms with Gasteiger partial charge in [-0.05, 0) is 37.5 Å². The zero-order valence-electron chi connectivity index (χ0n) is 13.5. The van der Waals surface area contributed by atoms with Crippen LogP contribution >= 0.6 is 11.5 Å². The van der Waals surface area contributed by atoms with Crippen LogP contribution in [-0.2, 0) is 11.3 Å². The lowest BCUT2D eigenvalue weighted by atomic mass is 10.3. The van der Waals surface area contributed by atoms with E-state index in [9.17, 15) is 18.8 Å². The molecule has 2 heterocycles. The largest absolute Gasteiger partial charge is 0.332 e. The number of aromatic nitrogens is 3. The second kappa shape index (κ2) is 6.60. The highest BCUT2D eigenvalue weighted by atomic mass is 32.1. The van der Waals surface area contributed by atoms with Crippen molar-refractivity contribution in [3.05, 3.63) is 56.3 Å². The van der Waals surface area contributed by atoms with Crippen LogP contribution in [0.25, 0.3) is 11.0 Å². The number of rotatable bonds is 4. The van der Waals surface area contributed by atoms with E-state index < -0.39 is 23.0 Å². The monoisotopic (exact) mass is 362 g/mol.